The zero-order chi connectivity index (χ0) is 27.9. The van der Waals surface area contributed by atoms with Gasteiger partial charge in [0.15, 0.2) is 0 Å². The number of nitrogens with one attached hydrogen (secondary N) is 1. The van der Waals surface area contributed by atoms with Crippen LogP contribution in [0.3, 0.4) is 0 Å². The van der Waals surface area contributed by atoms with Crippen molar-refractivity contribution in [1.82, 2.24) is 9.88 Å². The van der Waals surface area contributed by atoms with E-state index in [1.54, 1.807) is 0 Å². The summed E-state index contributed by atoms with van der Waals surface area (Å²) in [6.07, 6.45) is 9.69. The fourth-order valence-corrected chi connectivity index (χ4v) is 5.01. The number of rotatable bonds is 10. The van der Waals surface area contributed by atoms with Crippen LogP contribution in [-0.2, 0) is 6.54 Å². The lowest BCUT2D eigenvalue weighted by Gasteiger charge is -2.30. The Morgan fingerprint density at radius 3 is 2.52 bits per heavy atom. The van der Waals surface area contributed by atoms with Gasteiger partial charge in [-0.25, -0.2) is 0 Å². The van der Waals surface area contributed by atoms with Crippen molar-refractivity contribution in [2.45, 2.75) is 46.6 Å². The van der Waals surface area contributed by atoms with Crippen molar-refractivity contribution in [3.05, 3.63) is 107 Å². The lowest BCUT2D eigenvalue weighted by Crippen LogP contribution is -2.28. The van der Waals surface area contributed by atoms with Crippen LogP contribution in [0.15, 0.2) is 100 Å². The molecule has 1 N–H and O–H groups in total. The van der Waals surface area contributed by atoms with Crippen LogP contribution in [0, 0.1) is 13.8 Å². The second-order valence-electron chi connectivity index (χ2n) is 10.7. The first-order chi connectivity index (χ1) is 19.5. The van der Waals surface area contributed by atoms with Crippen molar-refractivity contribution in [3.63, 3.8) is 0 Å². The number of fused-ring (bicyclic) bond motifs is 2. The summed E-state index contributed by atoms with van der Waals surface area (Å²) in [6.45, 7) is 9.92. The SMILES string of the molecule is CCCCN(C)CCCN=C1C=C2C(=NCc3ccccc3N2c2ccc(C)cc2)C=C1Nc1ccc(C)nc1. The van der Waals surface area contributed by atoms with Crippen molar-refractivity contribution in [2.75, 3.05) is 36.9 Å². The van der Waals surface area contributed by atoms with E-state index in [2.05, 4.69) is 108 Å². The lowest BCUT2D eigenvalue weighted by molar-refractivity contribution is 0.325. The number of pyridine rings is 1. The Bertz CT molecular complexity index is 1430. The Morgan fingerprint density at radius 2 is 1.75 bits per heavy atom. The number of unbranched alkanes of at least 4 members (excludes halogenated alkanes) is 1. The van der Waals surface area contributed by atoms with Crippen LogP contribution in [0.2, 0.25) is 0 Å². The second kappa shape index (κ2) is 12.9. The maximum atomic E-state index is 5.13. The smallest absolute Gasteiger partial charge is 0.0841 e. The molecule has 2 aromatic carbocycles. The van der Waals surface area contributed by atoms with Crippen LogP contribution in [0.25, 0.3) is 0 Å². The topological polar surface area (TPSA) is 56.1 Å². The predicted octanol–water partition coefficient (Wildman–Crippen LogP) is 7.25. The van der Waals surface area contributed by atoms with Gasteiger partial charge in [0.05, 0.1) is 46.9 Å². The van der Waals surface area contributed by atoms with E-state index in [1.165, 1.54) is 24.0 Å². The Morgan fingerprint density at radius 1 is 0.950 bits per heavy atom. The third-order valence-corrected chi connectivity index (χ3v) is 7.34. The molecule has 1 aliphatic heterocycles. The number of aromatic nitrogens is 1. The zero-order valence-electron chi connectivity index (χ0n) is 24.2. The van der Waals surface area contributed by atoms with E-state index >= 15 is 0 Å². The first kappa shape index (κ1) is 27.5. The number of hydrogen-bond acceptors (Lipinski definition) is 6. The summed E-state index contributed by atoms with van der Waals surface area (Å²) in [5.41, 5.74) is 10.5. The van der Waals surface area contributed by atoms with Gasteiger partial charge in [0.2, 0.25) is 0 Å². The van der Waals surface area contributed by atoms with E-state index in [-0.39, 0.29) is 0 Å². The van der Waals surface area contributed by atoms with E-state index in [9.17, 15) is 0 Å². The summed E-state index contributed by atoms with van der Waals surface area (Å²) in [4.78, 5) is 19.4. The van der Waals surface area contributed by atoms with Crippen LogP contribution in [0.4, 0.5) is 17.1 Å². The number of aliphatic imine (C=N–C) groups is 2. The summed E-state index contributed by atoms with van der Waals surface area (Å²) < 4.78 is 0. The Kier molecular flexibility index (Phi) is 8.87. The number of aryl methyl sites for hydroxylation is 2. The highest BCUT2D eigenvalue weighted by molar-refractivity contribution is 6.26. The zero-order valence-corrected chi connectivity index (χ0v) is 24.2. The van der Waals surface area contributed by atoms with Gasteiger partial charge in [-0.15, -0.1) is 0 Å². The average Bonchev–Trinajstić information content (AvgIpc) is 3.12. The molecule has 0 saturated heterocycles. The van der Waals surface area contributed by atoms with Crippen molar-refractivity contribution in [2.24, 2.45) is 9.98 Å². The molecule has 6 heteroatoms. The van der Waals surface area contributed by atoms with Crippen molar-refractivity contribution < 1.29 is 0 Å². The van der Waals surface area contributed by atoms with Gasteiger partial charge in [-0.1, -0.05) is 49.2 Å². The molecule has 206 valence electrons. The average molecular weight is 533 g/mol. The molecule has 0 saturated carbocycles. The molecule has 0 bridgehead atoms. The van der Waals surface area contributed by atoms with E-state index in [1.807, 2.05) is 19.2 Å². The molecule has 0 spiro atoms. The summed E-state index contributed by atoms with van der Waals surface area (Å²) in [6, 6.07) is 21.3. The highest BCUT2D eigenvalue weighted by Crippen LogP contribution is 2.37. The molecule has 0 amide bonds. The molecular formula is C34H40N6. The van der Waals surface area contributed by atoms with Gasteiger partial charge in [-0.2, -0.15) is 0 Å². The quantitative estimate of drug-likeness (QED) is 0.221. The predicted molar refractivity (Wildman–Crippen MR) is 169 cm³/mol. The van der Waals surface area contributed by atoms with Gasteiger partial charge >= 0.3 is 0 Å². The highest BCUT2D eigenvalue weighted by atomic mass is 15.2. The van der Waals surface area contributed by atoms with Crippen LogP contribution in [-0.4, -0.2) is 48.0 Å². The molecule has 5 rings (SSSR count). The molecule has 6 nitrogen and oxygen atoms in total. The maximum absolute atomic E-state index is 5.13. The standard InChI is InChI=1S/C34H40N6/c1-5-6-19-39(4)20-9-18-35-30-22-34-32(21-31(30)38-28-15-14-26(3)36-24-28)37-23-27-10-7-8-11-33(27)40(34)29-16-12-25(2)13-17-29/h7-8,10-17,21-22,24,38H,5-6,9,18-20,23H2,1-4H3. The summed E-state index contributed by atoms with van der Waals surface area (Å²) in [7, 11) is 2.20. The van der Waals surface area contributed by atoms with Gasteiger partial charge in [0.1, 0.15) is 0 Å². The van der Waals surface area contributed by atoms with E-state index in [0.29, 0.717) is 6.54 Å². The van der Waals surface area contributed by atoms with E-state index < -0.39 is 0 Å². The van der Waals surface area contributed by atoms with E-state index in [0.717, 1.165) is 71.6 Å². The fourth-order valence-electron chi connectivity index (χ4n) is 5.01. The largest absolute Gasteiger partial charge is 0.352 e. The Balaban J connectivity index is 1.52. The van der Waals surface area contributed by atoms with Crippen LogP contribution in [0.5, 0.6) is 0 Å². The molecule has 40 heavy (non-hydrogen) atoms. The first-order valence-corrected chi connectivity index (χ1v) is 14.4. The lowest BCUT2D eigenvalue weighted by atomic mass is 10.0. The number of nitrogens with zero attached hydrogens (tertiary/aromatic N) is 5. The molecule has 3 aromatic rings. The second-order valence-corrected chi connectivity index (χ2v) is 10.7. The minimum absolute atomic E-state index is 0.623. The molecule has 2 aliphatic rings. The maximum Gasteiger partial charge on any atom is 0.0841 e. The molecule has 0 atom stereocenters. The number of hydrogen-bond donors (Lipinski definition) is 1. The van der Waals surface area contributed by atoms with Crippen LogP contribution < -0.4 is 10.2 Å². The summed E-state index contributed by atoms with van der Waals surface area (Å²) >= 11 is 0. The molecule has 0 unspecified atom stereocenters. The Labute approximate surface area is 238 Å². The first-order valence-electron chi connectivity index (χ1n) is 14.4. The molecule has 0 fully saturated rings. The Hall–Kier alpha value is -4.03. The third kappa shape index (κ3) is 6.57. The minimum Gasteiger partial charge on any atom is -0.352 e. The van der Waals surface area contributed by atoms with Crippen molar-refractivity contribution >= 4 is 28.5 Å². The molecular weight excluding hydrogens is 492 g/mol. The highest BCUT2D eigenvalue weighted by Gasteiger charge is 2.28. The van der Waals surface area contributed by atoms with E-state index in [4.69, 9.17) is 9.98 Å². The fraction of sp³-hybridized carbons (Fsp3) is 0.324. The van der Waals surface area contributed by atoms with Gasteiger partial charge in [-0.05, 0) is 94.9 Å². The minimum atomic E-state index is 0.623. The number of allylic oxidation sites excluding steroid dienone is 2. The monoisotopic (exact) mass is 532 g/mol. The third-order valence-electron chi connectivity index (χ3n) is 7.34. The van der Waals surface area contributed by atoms with Crippen molar-refractivity contribution in [3.8, 4) is 0 Å². The summed E-state index contributed by atoms with van der Waals surface area (Å²) in [5, 5.41) is 3.59. The number of benzene rings is 2. The molecule has 1 aliphatic carbocycles. The van der Waals surface area contributed by atoms with Gasteiger partial charge in [0, 0.05) is 17.9 Å². The molecule has 0 radical (unpaired) electrons. The van der Waals surface area contributed by atoms with Gasteiger partial charge < -0.3 is 15.1 Å². The van der Waals surface area contributed by atoms with Crippen molar-refractivity contribution in [1.29, 1.82) is 0 Å². The van der Waals surface area contributed by atoms with Crippen LogP contribution >= 0.6 is 0 Å². The van der Waals surface area contributed by atoms with Crippen LogP contribution in [0.1, 0.15) is 43.0 Å². The summed E-state index contributed by atoms with van der Waals surface area (Å²) in [5.74, 6) is 0. The van der Waals surface area contributed by atoms with Gasteiger partial charge in [0.25, 0.3) is 0 Å². The van der Waals surface area contributed by atoms with Gasteiger partial charge in [-0.3, -0.25) is 15.0 Å². The molecule has 2 heterocycles. The number of para-hydroxylation sites is 1. The molecule has 1 aromatic heterocycles. The normalized spacial score (nSPS) is 15.7. The number of anilines is 3.